The molecule has 0 aliphatic rings. The molecule has 0 heterocycles. The number of hydrogen-bond donors (Lipinski definition) is 2. The molecule has 0 aromatic heterocycles. The average molecular weight is 244 g/mol. The van der Waals surface area contributed by atoms with Gasteiger partial charge in [0.15, 0.2) is 0 Å². The van der Waals surface area contributed by atoms with Gasteiger partial charge in [0.05, 0.1) is 0 Å². The first kappa shape index (κ1) is 13.1. The lowest BCUT2D eigenvalue weighted by atomic mass is 9.90. The van der Waals surface area contributed by atoms with Crippen molar-refractivity contribution in [1.29, 1.82) is 0 Å². The smallest absolute Gasteiger partial charge is 0.0497 e. The summed E-state index contributed by atoms with van der Waals surface area (Å²) in [4.78, 5) is 0. The Labute approximate surface area is 108 Å². The van der Waals surface area contributed by atoms with E-state index < -0.39 is 0 Å². The molecule has 2 aromatic carbocycles. The average Bonchev–Trinajstić information content (AvgIpc) is 2.44. The highest BCUT2D eigenvalue weighted by Gasteiger charge is 2.12. The SMILES string of the molecule is CC(CO)c1cccc2c(C(C)CO)cccc12. The quantitative estimate of drug-likeness (QED) is 0.868. The Hall–Kier alpha value is -1.38. The molecule has 0 saturated heterocycles. The summed E-state index contributed by atoms with van der Waals surface area (Å²) in [6, 6.07) is 12.4. The van der Waals surface area contributed by atoms with E-state index in [4.69, 9.17) is 0 Å². The molecule has 96 valence electrons. The van der Waals surface area contributed by atoms with Crippen LogP contribution in [0, 0.1) is 0 Å². The molecule has 0 amide bonds. The molecule has 0 spiro atoms. The topological polar surface area (TPSA) is 40.5 Å². The Morgan fingerprint density at radius 1 is 0.778 bits per heavy atom. The van der Waals surface area contributed by atoms with Crippen molar-refractivity contribution in [2.45, 2.75) is 25.7 Å². The van der Waals surface area contributed by atoms with E-state index in [2.05, 4.69) is 24.3 Å². The second-order valence-electron chi connectivity index (χ2n) is 4.96. The zero-order chi connectivity index (χ0) is 13.1. The first-order chi connectivity index (χ1) is 8.69. The number of aliphatic hydroxyl groups excluding tert-OH is 2. The Balaban J connectivity index is 2.65. The van der Waals surface area contributed by atoms with Gasteiger partial charge in [-0.05, 0) is 21.9 Å². The van der Waals surface area contributed by atoms with Gasteiger partial charge in [0.25, 0.3) is 0 Å². The second kappa shape index (κ2) is 5.51. The highest BCUT2D eigenvalue weighted by molar-refractivity contribution is 5.89. The van der Waals surface area contributed by atoms with Gasteiger partial charge < -0.3 is 10.2 Å². The molecule has 2 aromatic rings. The molecule has 0 aliphatic carbocycles. The summed E-state index contributed by atoms with van der Waals surface area (Å²) in [7, 11) is 0. The lowest BCUT2D eigenvalue weighted by molar-refractivity contribution is 0.273. The van der Waals surface area contributed by atoms with Crippen molar-refractivity contribution in [2.75, 3.05) is 13.2 Å². The predicted octanol–water partition coefficient (Wildman–Crippen LogP) is 3.03. The van der Waals surface area contributed by atoms with Crippen molar-refractivity contribution in [2.24, 2.45) is 0 Å². The minimum atomic E-state index is 0.133. The molecule has 0 bridgehead atoms. The first-order valence-electron chi connectivity index (χ1n) is 6.42. The summed E-state index contributed by atoms with van der Waals surface area (Å²) >= 11 is 0. The van der Waals surface area contributed by atoms with Crippen molar-refractivity contribution in [3.8, 4) is 0 Å². The summed E-state index contributed by atoms with van der Waals surface area (Å²) < 4.78 is 0. The Bertz CT molecular complexity index is 484. The van der Waals surface area contributed by atoms with E-state index in [1.807, 2.05) is 26.0 Å². The summed E-state index contributed by atoms with van der Waals surface area (Å²) in [6.07, 6.45) is 0. The molecule has 0 saturated carbocycles. The molecule has 0 fully saturated rings. The van der Waals surface area contributed by atoms with Crippen LogP contribution in [0.4, 0.5) is 0 Å². The van der Waals surface area contributed by atoms with E-state index in [9.17, 15) is 10.2 Å². The van der Waals surface area contributed by atoms with Crippen molar-refractivity contribution < 1.29 is 10.2 Å². The molecule has 18 heavy (non-hydrogen) atoms. The number of hydrogen-bond acceptors (Lipinski definition) is 2. The van der Waals surface area contributed by atoms with E-state index >= 15 is 0 Å². The zero-order valence-electron chi connectivity index (χ0n) is 10.9. The molecule has 0 aliphatic heterocycles. The van der Waals surface area contributed by atoms with Gasteiger partial charge in [0.2, 0.25) is 0 Å². The maximum absolute atomic E-state index is 9.33. The third-order valence-corrected chi connectivity index (χ3v) is 3.60. The van der Waals surface area contributed by atoms with Gasteiger partial charge in [0.1, 0.15) is 0 Å². The van der Waals surface area contributed by atoms with Gasteiger partial charge in [-0.2, -0.15) is 0 Å². The normalized spacial score (nSPS) is 14.7. The molecule has 2 nitrogen and oxygen atoms in total. The van der Waals surface area contributed by atoms with E-state index in [0.717, 1.165) is 0 Å². The van der Waals surface area contributed by atoms with Crippen LogP contribution >= 0.6 is 0 Å². The molecular weight excluding hydrogens is 224 g/mol. The molecule has 2 heteroatoms. The van der Waals surface area contributed by atoms with Gasteiger partial charge in [0, 0.05) is 25.0 Å². The maximum Gasteiger partial charge on any atom is 0.0497 e. The minimum Gasteiger partial charge on any atom is -0.396 e. The van der Waals surface area contributed by atoms with Crippen molar-refractivity contribution >= 4 is 10.8 Å². The van der Waals surface area contributed by atoms with Crippen LogP contribution in [0.15, 0.2) is 36.4 Å². The standard InChI is InChI=1S/C16H20O2/c1-11(9-17)13-5-3-8-16-14(12(2)10-18)6-4-7-15(13)16/h3-8,11-12,17-18H,9-10H2,1-2H3. The Kier molecular flexibility index (Phi) is 4.00. The minimum absolute atomic E-state index is 0.133. The van der Waals surface area contributed by atoms with Crippen molar-refractivity contribution in [3.63, 3.8) is 0 Å². The predicted molar refractivity (Wildman–Crippen MR) is 74.9 cm³/mol. The fraction of sp³-hybridized carbons (Fsp3) is 0.375. The van der Waals surface area contributed by atoms with Crippen LogP contribution in [0.5, 0.6) is 0 Å². The fourth-order valence-corrected chi connectivity index (χ4v) is 2.41. The van der Waals surface area contributed by atoms with Crippen LogP contribution in [0.2, 0.25) is 0 Å². The number of benzene rings is 2. The van der Waals surface area contributed by atoms with Gasteiger partial charge in [-0.15, -0.1) is 0 Å². The monoisotopic (exact) mass is 244 g/mol. The van der Waals surface area contributed by atoms with Crippen LogP contribution in [-0.4, -0.2) is 23.4 Å². The number of rotatable bonds is 4. The van der Waals surface area contributed by atoms with Crippen LogP contribution in [0.1, 0.15) is 36.8 Å². The molecule has 2 N–H and O–H groups in total. The van der Waals surface area contributed by atoms with Crippen molar-refractivity contribution in [3.05, 3.63) is 47.5 Å². The van der Waals surface area contributed by atoms with Gasteiger partial charge >= 0.3 is 0 Å². The zero-order valence-corrected chi connectivity index (χ0v) is 10.9. The number of aliphatic hydroxyl groups is 2. The van der Waals surface area contributed by atoms with Crippen LogP contribution in [-0.2, 0) is 0 Å². The summed E-state index contributed by atoms with van der Waals surface area (Å²) in [6.45, 7) is 4.35. The fourth-order valence-electron chi connectivity index (χ4n) is 2.41. The summed E-state index contributed by atoms with van der Waals surface area (Å²) in [5, 5.41) is 21.0. The van der Waals surface area contributed by atoms with Crippen molar-refractivity contribution in [1.82, 2.24) is 0 Å². The summed E-state index contributed by atoms with van der Waals surface area (Å²) in [5.41, 5.74) is 2.34. The highest BCUT2D eigenvalue weighted by atomic mass is 16.3. The maximum atomic E-state index is 9.33. The highest BCUT2D eigenvalue weighted by Crippen LogP contribution is 2.30. The van der Waals surface area contributed by atoms with Gasteiger partial charge in [-0.3, -0.25) is 0 Å². The third-order valence-electron chi connectivity index (χ3n) is 3.60. The van der Waals surface area contributed by atoms with E-state index in [1.54, 1.807) is 0 Å². The molecule has 2 atom stereocenters. The van der Waals surface area contributed by atoms with Crippen LogP contribution in [0.3, 0.4) is 0 Å². The van der Waals surface area contributed by atoms with Gasteiger partial charge in [-0.25, -0.2) is 0 Å². The molecule has 0 radical (unpaired) electrons. The second-order valence-corrected chi connectivity index (χ2v) is 4.96. The van der Waals surface area contributed by atoms with E-state index in [-0.39, 0.29) is 25.0 Å². The summed E-state index contributed by atoms with van der Waals surface area (Å²) in [5.74, 6) is 0.266. The van der Waals surface area contributed by atoms with E-state index in [1.165, 1.54) is 21.9 Å². The lowest BCUT2D eigenvalue weighted by Gasteiger charge is -2.16. The number of fused-ring (bicyclic) bond motifs is 1. The molecular formula is C16H20O2. The lowest BCUT2D eigenvalue weighted by Crippen LogP contribution is -2.03. The Morgan fingerprint density at radius 2 is 1.17 bits per heavy atom. The third kappa shape index (κ3) is 2.26. The largest absolute Gasteiger partial charge is 0.396 e. The van der Waals surface area contributed by atoms with E-state index in [0.29, 0.717) is 0 Å². The van der Waals surface area contributed by atoms with Crippen LogP contribution in [0.25, 0.3) is 10.8 Å². The Morgan fingerprint density at radius 3 is 1.50 bits per heavy atom. The molecule has 2 unspecified atom stereocenters. The molecule has 2 rings (SSSR count). The van der Waals surface area contributed by atoms with Gasteiger partial charge in [-0.1, -0.05) is 50.2 Å². The van der Waals surface area contributed by atoms with Crippen LogP contribution < -0.4 is 0 Å². The first-order valence-corrected chi connectivity index (χ1v) is 6.42.